The van der Waals surface area contributed by atoms with Crippen molar-refractivity contribution in [1.29, 1.82) is 0 Å². The van der Waals surface area contributed by atoms with Gasteiger partial charge in [-0.2, -0.15) is 0 Å². The first-order chi connectivity index (χ1) is 6.63. The lowest BCUT2D eigenvalue weighted by Crippen LogP contribution is -2.23. The summed E-state index contributed by atoms with van der Waals surface area (Å²) in [4.78, 5) is 4.13. The van der Waals surface area contributed by atoms with Crippen molar-refractivity contribution in [1.82, 2.24) is 4.98 Å². The van der Waals surface area contributed by atoms with E-state index >= 15 is 0 Å². The van der Waals surface area contributed by atoms with Crippen LogP contribution in [0.1, 0.15) is 32.3 Å². The molecule has 1 heterocycles. The Morgan fingerprint density at radius 2 is 2.14 bits per heavy atom. The highest BCUT2D eigenvalue weighted by molar-refractivity contribution is 5.23. The molecule has 0 radical (unpaired) electrons. The van der Waals surface area contributed by atoms with Crippen molar-refractivity contribution in [2.45, 2.75) is 32.8 Å². The second-order valence-corrected chi connectivity index (χ2v) is 3.75. The lowest BCUT2D eigenvalue weighted by molar-refractivity contribution is 0.220. The van der Waals surface area contributed by atoms with Crippen molar-refractivity contribution in [3.8, 4) is 5.88 Å². The number of nitrogens with two attached hydrogens (primary N) is 1. The van der Waals surface area contributed by atoms with Crippen LogP contribution in [0.3, 0.4) is 0 Å². The van der Waals surface area contributed by atoms with Crippen LogP contribution in [-0.4, -0.2) is 17.6 Å². The zero-order valence-electron chi connectivity index (χ0n) is 9.03. The SMILES string of the molecule is CC(C)c1ccnc(O[C@@H](C)CN)c1. The van der Waals surface area contributed by atoms with Gasteiger partial charge in [0.25, 0.3) is 0 Å². The molecule has 1 rings (SSSR count). The van der Waals surface area contributed by atoms with Crippen LogP contribution in [0.15, 0.2) is 18.3 Å². The Morgan fingerprint density at radius 3 is 2.71 bits per heavy atom. The number of ether oxygens (including phenoxy) is 1. The summed E-state index contributed by atoms with van der Waals surface area (Å²) in [5.74, 6) is 1.16. The van der Waals surface area contributed by atoms with Gasteiger partial charge in [0.2, 0.25) is 5.88 Å². The fraction of sp³-hybridized carbons (Fsp3) is 0.545. The highest BCUT2D eigenvalue weighted by Gasteiger charge is 2.05. The molecule has 0 saturated heterocycles. The first-order valence-electron chi connectivity index (χ1n) is 4.96. The van der Waals surface area contributed by atoms with E-state index in [0.717, 1.165) is 0 Å². The summed E-state index contributed by atoms with van der Waals surface area (Å²) in [7, 11) is 0. The zero-order valence-corrected chi connectivity index (χ0v) is 9.03. The van der Waals surface area contributed by atoms with E-state index in [1.54, 1.807) is 6.20 Å². The molecular formula is C11H18N2O. The molecule has 0 amide bonds. The smallest absolute Gasteiger partial charge is 0.213 e. The van der Waals surface area contributed by atoms with Crippen LogP contribution in [0.4, 0.5) is 0 Å². The molecule has 0 bridgehead atoms. The van der Waals surface area contributed by atoms with Gasteiger partial charge in [0.05, 0.1) is 0 Å². The van der Waals surface area contributed by atoms with Crippen LogP contribution in [0.2, 0.25) is 0 Å². The largest absolute Gasteiger partial charge is 0.473 e. The van der Waals surface area contributed by atoms with E-state index in [2.05, 4.69) is 18.8 Å². The fourth-order valence-corrected chi connectivity index (χ4v) is 1.10. The standard InChI is InChI=1S/C11H18N2O/c1-8(2)10-4-5-13-11(6-10)14-9(3)7-12/h4-6,8-9H,7,12H2,1-3H3/t9-/m0/s1. The topological polar surface area (TPSA) is 48.1 Å². The predicted molar refractivity (Wildman–Crippen MR) is 57.5 cm³/mol. The summed E-state index contributed by atoms with van der Waals surface area (Å²) in [5.41, 5.74) is 6.70. The van der Waals surface area contributed by atoms with Crippen LogP contribution < -0.4 is 10.5 Å². The van der Waals surface area contributed by atoms with Crippen LogP contribution in [0, 0.1) is 0 Å². The second kappa shape index (κ2) is 4.96. The molecule has 1 atom stereocenters. The van der Waals surface area contributed by atoms with Crippen LogP contribution in [0.5, 0.6) is 5.88 Å². The molecule has 0 aliphatic rings. The Morgan fingerprint density at radius 1 is 1.43 bits per heavy atom. The average molecular weight is 194 g/mol. The summed E-state index contributed by atoms with van der Waals surface area (Å²) in [6, 6.07) is 3.97. The van der Waals surface area contributed by atoms with Gasteiger partial charge in [0, 0.05) is 18.8 Å². The fourth-order valence-electron chi connectivity index (χ4n) is 1.10. The van der Waals surface area contributed by atoms with Gasteiger partial charge < -0.3 is 10.5 Å². The summed E-state index contributed by atoms with van der Waals surface area (Å²) < 4.78 is 5.52. The highest BCUT2D eigenvalue weighted by atomic mass is 16.5. The average Bonchev–Trinajstić information content (AvgIpc) is 2.18. The van der Waals surface area contributed by atoms with Crippen molar-refractivity contribution in [2.24, 2.45) is 5.73 Å². The maximum absolute atomic E-state index is 5.52. The quantitative estimate of drug-likeness (QED) is 0.796. The molecule has 1 aromatic rings. The molecule has 0 spiro atoms. The first-order valence-corrected chi connectivity index (χ1v) is 4.96. The molecule has 0 aliphatic heterocycles. The highest BCUT2D eigenvalue weighted by Crippen LogP contribution is 2.18. The monoisotopic (exact) mass is 194 g/mol. The number of pyridine rings is 1. The molecule has 1 aromatic heterocycles. The van der Waals surface area contributed by atoms with Gasteiger partial charge >= 0.3 is 0 Å². The summed E-state index contributed by atoms with van der Waals surface area (Å²) in [6.07, 6.45) is 1.79. The third-order valence-corrected chi connectivity index (χ3v) is 2.08. The summed E-state index contributed by atoms with van der Waals surface area (Å²) in [5, 5.41) is 0. The number of hydrogen-bond acceptors (Lipinski definition) is 3. The zero-order chi connectivity index (χ0) is 10.6. The Bertz CT molecular complexity index is 286. The van der Waals surface area contributed by atoms with Crippen molar-refractivity contribution >= 4 is 0 Å². The molecule has 2 N–H and O–H groups in total. The van der Waals surface area contributed by atoms with E-state index in [9.17, 15) is 0 Å². The molecule has 0 aliphatic carbocycles. The van der Waals surface area contributed by atoms with E-state index < -0.39 is 0 Å². The first kappa shape index (κ1) is 11.0. The lowest BCUT2D eigenvalue weighted by atomic mass is 10.1. The number of aromatic nitrogens is 1. The number of hydrogen-bond donors (Lipinski definition) is 1. The van der Waals surface area contributed by atoms with Crippen molar-refractivity contribution in [3.05, 3.63) is 23.9 Å². The minimum Gasteiger partial charge on any atom is -0.473 e. The van der Waals surface area contributed by atoms with Crippen molar-refractivity contribution in [2.75, 3.05) is 6.54 Å². The molecule has 14 heavy (non-hydrogen) atoms. The van der Waals surface area contributed by atoms with Crippen LogP contribution >= 0.6 is 0 Å². The van der Waals surface area contributed by atoms with E-state index in [-0.39, 0.29) is 6.10 Å². The molecule has 0 unspecified atom stereocenters. The minimum atomic E-state index is 0.0184. The van der Waals surface area contributed by atoms with Gasteiger partial charge in [-0.25, -0.2) is 4.98 Å². The van der Waals surface area contributed by atoms with Crippen LogP contribution in [0.25, 0.3) is 0 Å². The Balaban J connectivity index is 2.73. The normalized spacial score (nSPS) is 12.9. The number of nitrogens with zero attached hydrogens (tertiary/aromatic N) is 1. The molecular weight excluding hydrogens is 176 g/mol. The van der Waals surface area contributed by atoms with Gasteiger partial charge in [-0.05, 0) is 24.5 Å². The maximum Gasteiger partial charge on any atom is 0.213 e. The van der Waals surface area contributed by atoms with Gasteiger partial charge in [-0.15, -0.1) is 0 Å². The molecule has 0 fully saturated rings. The Labute approximate surface area is 85.3 Å². The minimum absolute atomic E-state index is 0.0184. The number of rotatable bonds is 4. The van der Waals surface area contributed by atoms with E-state index in [1.165, 1.54) is 5.56 Å². The van der Waals surface area contributed by atoms with Crippen molar-refractivity contribution < 1.29 is 4.74 Å². The lowest BCUT2D eigenvalue weighted by Gasteiger charge is -2.12. The summed E-state index contributed by atoms with van der Waals surface area (Å²) >= 11 is 0. The van der Waals surface area contributed by atoms with Crippen LogP contribution in [-0.2, 0) is 0 Å². The molecule has 0 aromatic carbocycles. The van der Waals surface area contributed by atoms with Gasteiger partial charge in [-0.1, -0.05) is 13.8 Å². The van der Waals surface area contributed by atoms with E-state index in [0.29, 0.717) is 18.3 Å². The Hall–Kier alpha value is -1.09. The molecule has 3 heteroatoms. The molecule has 78 valence electrons. The van der Waals surface area contributed by atoms with Crippen molar-refractivity contribution in [3.63, 3.8) is 0 Å². The maximum atomic E-state index is 5.52. The van der Waals surface area contributed by atoms with Gasteiger partial charge in [0.15, 0.2) is 0 Å². The second-order valence-electron chi connectivity index (χ2n) is 3.75. The van der Waals surface area contributed by atoms with Gasteiger partial charge in [-0.3, -0.25) is 0 Å². The molecule has 0 saturated carbocycles. The summed E-state index contributed by atoms with van der Waals surface area (Å²) in [6.45, 7) is 6.73. The Kier molecular flexibility index (Phi) is 3.89. The molecule has 3 nitrogen and oxygen atoms in total. The third-order valence-electron chi connectivity index (χ3n) is 2.08. The van der Waals surface area contributed by atoms with Gasteiger partial charge in [0.1, 0.15) is 6.10 Å². The van der Waals surface area contributed by atoms with E-state index in [1.807, 2.05) is 19.1 Å². The van der Waals surface area contributed by atoms with E-state index in [4.69, 9.17) is 10.5 Å². The third kappa shape index (κ3) is 3.00. The predicted octanol–water partition coefficient (Wildman–Crippen LogP) is 1.93.